The minimum Gasteiger partial charge on any atom is -0.255 e. The van der Waals surface area contributed by atoms with E-state index in [1.165, 1.54) is 0 Å². The topological polar surface area (TPSA) is 38.7 Å². The van der Waals surface area contributed by atoms with E-state index in [1.807, 2.05) is 18.2 Å². The van der Waals surface area contributed by atoms with Crippen molar-refractivity contribution in [2.45, 2.75) is 0 Å². The van der Waals surface area contributed by atoms with Crippen molar-refractivity contribution in [1.82, 2.24) is 15.0 Å². The van der Waals surface area contributed by atoms with Gasteiger partial charge in [-0.05, 0) is 69.4 Å². The number of benzene rings is 1. The zero-order valence-electron chi connectivity index (χ0n) is 9.14. The molecule has 2 heterocycles. The molecule has 2 aromatic heterocycles. The van der Waals surface area contributed by atoms with Crippen LogP contribution in [-0.2, 0) is 0 Å². The summed E-state index contributed by atoms with van der Waals surface area (Å²) in [5.41, 5.74) is 3.54. The lowest BCUT2D eigenvalue weighted by Gasteiger charge is -2.04. The van der Waals surface area contributed by atoms with Gasteiger partial charge in [0.25, 0.3) is 0 Å². The van der Waals surface area contributed by atoms with E-state index in [-0.39, 0.29) is 0 Å². The average molecular weight is 459 g/mol. The molecule has 0 amide bonds. The molecule has 0 fully saturated rings. The Morgan fingerprint density at radius 2 is 1.56 bits per heavy atom. The average Bonchev–Trinajstić information content (AvgIpc) is 2.44. The number of aromatic nitrogens is 3. The maximum absolute atomic E-state index is 4.67. The van der Waals surface area contributed by atoms with Crippen LogP contribution in [0.2, 0.25) is 0 Å². The van der Waals surface area contributed by atoms with Gasteiger partial charge in [0.2, 0.25) is 0 Å². The highest BCUT2D eigenvalue weighted by Crippen LogP contribution is 2.24. The molecule has 1 aromatic carbocycles. The lowest BCUT2D eigenvalue weighted by atomic mass is 10.2. The van der Waals surface area contributed by atoms with Gasteiger partial charge in [0, 0.05) is 13.3 Å². The number of halogens is 2. The summed E-state index contributed by atoms with van der Waals surface area (Å²) in [6, 6.07) is 9.90. The zero-order valence-corrected chi connectivity index (χ0v) is 13.5. The molecule has 0 aliphatic heterocycles. The number of nitrogens with zero attached hydrogens (tertiary/aromatic N) is 3. The molecule has 0 N–H and O–H groups in total. The Hall–Kier alpha value is -0.830. The van der Waals surface area contributed by atoms with Crippen LogP contribution in [-0.4, -0.2) is 15.0 Å². The molecule has 0 radical (unpaired) electrons. The van der Waals surface area contributed by atoms with E-state index in [4.69, 9.17) is 0 Å². The van der Waals surface area contributed by atoms with Gasteiger partial charge in [0.05, 0.1) is 11.9 Å². The van der Waals surface area contributed by atoms with Gasteiger partial charge in [-0.3, -0.25) is 9.97 Å². The van der Waals surface area contributed by atoms with Crippen molar-refractivity contribution in [3.63, 3.8) is 0 Å². The predicted molar refractivity (Wildman–Crippen MR) is 88.2 cm³/mol. The number of fused-ring (bicyclic) bond motifs is 1. The first-order valence-electron chi connectivity index (χ1n) is 5.28. The van der Waals surface area contributed by atoms with Crippen LogP contribution in [0.4, 0.5) is 0 Å². The number of hydrogen-bond acceptors (Lipinski definition) is 3. The van der Waals surface area contributed by atoms with Crippen LogP contribution in [0, 0.1) is 7.14 Å². The van der Waals surface area contributed by atoms with Gasteiger partial charge < -0.3 is 0 Å². The second-order valence-electron chi connectivity index (χ2n) is 3.70. The van der Waals surface area contributed by atoms with E-state index >= 15 is 0 Å². The molecule has 88 valence electrons. The number of pyridine rings is 1. The van der Waals surface area contributed by atoms with E-state index in [0.29, 0.717) is 0 Å². The van der Waals surface area contributed by atoms with Crippen molar-refractivity contribution in [3.8, 4) is 11.4 Å². The van der Waals surface area contributed by atoms with Crippen molar-refractivity contribution in [2.75, 3.05) is 0 Å². The first-order chi connectivity index (χ1) is 8.75. The Labute approximate surface area is 131 Å². The molecule has 5 heteroatoms. The molecule has 0 saturated heterocycles. The standard InChI is InChI=1S/C13H7I2N3/c14-8-4-5-9(15)13-12(8)17-7-11(18-13)10-3-1-2-6-16-10/h1-7H. The van der Waals surface area contributed by atoms with Crippen LogP contribution in [0.1, 0.15) is 0 Å². The maximum atomic E-state index is 4.67. The summed E-state index contributed by atoms with van der Waals surface area (Å²) in [6.45, 7) is 0. The highest BCUT2D eigenvalue weighted by molar-refractivity contribution is 14.1. The highest BCUT2D eigenvalue weighted by Gasteiger charge is 2.08. The largest absolute Gasteiger partial charge is 0.255 e. The molecule has 0 spiro atoms. The molecule has 3 aromatic rings. The quantitative estimate of drug-likeness (QED) is 0.519. The number of rotatable bonds is 1. The Balaban J connectivity index is 2.26. The van der Waals surface area contributed by atoms with E-state index < -0.39 is 0 Å². The van der Waals surface area contributed by atoms with Crippen molar-refractivity contribution < 1.29 is 0 Å². The first kappa shape index (κ1) is 12.2. The van der Waals surface area contributed by atoms with E-state index in [1.54, 1.807) is 12.4 Å². The summed E-state index contributed by atoms with van der Waals surface area (Å²) in [6.07, 6.45) is 3.55. The summed E-state index contributed by atoms with van der Waals surface area (Å²) in [5, 5.41) is 0. The smallest absolute Gasteiger partial charge is 0.108 e. The Morgan fingerprint density at radius 1 is 0.778 bits per heavy atom. The molecular weight excluding hydrogens is 452 g/mol. The minimum atomic E-state index is 0.808. The lowest BCUT2D eigenvalue weighted by molar-refractivity contribution is 1.23. The van der Waals surface area contributed by atoms with Gasteiger partial charge in [-0.25, -0.2) is 4.98 Å². The van der Waals surface area contributed by atoms with Gasteiger partial charge in [0.1, 0.15) is 16.7 Å². The molecule has 3 rings (SSSR count). The van der Waals surface area contributed by atoms with Crippen molar-refractivity contribution in [1.29, 1.82) is 0 Å². The summed E-state index contributed by atoms with van der Waals surface area (Å²) in [4.78, 5) is 13.5. The van der Waals surface area contributed by atoms with Gasteiger partial charge in [-0.2, -0.15) is 0 Å². The van der Waals surface area contributed by atoms with Gasteiger partial charge in [-0.1, -0.05) is 6.07 Å². The zero-order chi connectivity index (χ0) is 12.5. The summed E-state index contributed by atoms with van der Waals surface area (Å²) in [5.74, 6) is 0. The summed E-state index contributed by atoms with van der Waals surface area (Å²) in [7, 11) is 0. The van der Waals surface area contributed by atoms with Crippen LogP contribution >= 0.6 is 45.2 Å². The van der Waals surface area contributed by atoms with Gasteiger partial charge >= 0.3 is 0 Å². The van der Waals surface area contributed by atoms with Crippen molar-refractivity contribution in [2.24, 2.45) is 0 Å². The molecule has 0 aliphatic rings. The molecule has 3 nitrogen and oxygen atoms in total. The summed E-state index contributed by atoms with van der Waals surface area (Å²) >= 11 is 4.56. The summed E-state index contributed by atoms with van der Waals surface area (Å²) < 4.78 is 2.22. The molecule has 0 aliphatic carbocycles. The molecule has 0 saturated carbocycles. The molecule has 0 unspecified atom stereocenters. The fraction of sp³-hybridized carbons (Fsp3) is 0. The third-order valence-corrected chi connectivity index (χ3v) is 4.27. The minimum absolute atomic E-state index is 0.808. The van der Waals surface area contributed by atoms with Crippen LogP contribution < -0.4 is 0 Å². The normalized spacial score (nSPS) is 10.8. The van der Waals surface area contributed by atoms with Crippen LogP contribution in [0.5, 0.6) is 0 Å². The SMILES string of the molecule is Ic1ccc(I)c2nc(-c3ccccn3)cnc12. The van der Waals surface area contributed by atoms with Crippen LogP contribution in [0.3, 0.4) is 0 Å². The van der Waals surface area contributed by atoms with Crippen molar-refractivity contribution >= 4 is 56.2 Å². The predicted octanol–water partition coefficient (Wildman–Crippen LogP) is 3.90. The molecule has 0 atom stereocenters. The third kappa shape index (κ3) is 2.20. The second-order valence-corrected chi connectivity index (χ2v) is 6.02. The first-order valence-corrected chi connectivity index (χ1v) is 7.43. The Kier molecular flexibility index (Phi) is 3.42. The van der Waals surface area contributed by atoms with Gasteiger partial charge in [0.15, 0.2) is 0 Å². The Bertz CT molecular complexity index is 714. The van der Waals surface area contributed by atoms with E-state index in [2.05, 4.69) is 72.3 Å². The lowest BCUT2D eigenvalue weighted by Crippen LogP contribution is -1.94. The molecule has 18 heavy (non-hydrogen) atoms. The second kappa shape index (κ2) is 5.04. The monoisotopic (exact) mass is 459 g/mol. The van der Waals surface area contributed by atoms with Crippen LogP contribution in [0.25, 0.3) is 22.4 Å². The van der Waals surface area contributed by atoms with Gasteiger partial charge in [-0.15, -0.1) is 0 Å². The van der Waals surface area contributed by atoms with E-state index in [0.717, 1.165) is 29.6 Å². The third-order valence-electron chi connectivity index (χ3n) is 2.53. The number of hydrogen-bond donors (Lipinski definition) is 0. The van der Waals surface area contributed by atoms with Crippen LogP contribution in [0.15, 0.2) is 42.7 Å². The highest BCUT2D eigenvalue weighted by atomic mass is 127. The fourth-order valence-electron chi connectivity index (χ4n) is 1.67. The van der Waals surface area contributed by atoms with E-state index in [9.17, 15) is 0 Å². The maximum Gasteiger partial charge on any atom is 0.108 e. The molecule has 0 bridgehead atoms. The van der Waals surface area contributed by atoms with Crippen molar-refractivity contribution in [3.05, 3.63) is 49.9 Å². The Morgan fingerprint density at radius 3 is 2.28 bits per heavy atom. The molecular formula is C13H7I2N3. The fourth-order valence-corrected chi connectivity index (χ4v) is 2.80.